The molecule has 0 atom stereocenters. The maximum Gasteiger partial charge on any atom is 0.270 e. The number of nitro benzene ring substituents is 1. The van der Waals surface area contributed by atoms with E-state index in [2.05, 4.69) is 0 Å². The summed E-state index contributed by atoms with van der Waals surface area (Å²) in [4.78, 5) is 27.7. The molecule has 1 aliphatic rings. The van der Waals surface area contributed by atoms with Crippen LogP contribution in [0, 0.1) is 10.1 Å². The lowest BCUT2D eigenvalue weighted by atomic mass is 9.87. The van der Waals surface area contributed by atoms with E-state index in [1.165, 1.54) is 18.2 Å². The van der Waals surface area contributed by atoms with Crippen LogP contribution in [0.3, 0.4) is 0 Å². The van der Waals surface area contributed by atoms with Crippen molar-refractivity contribution >= 4 is 22.9 Å². The molecule has 29 heavy (non-hydrogen) atoms. The number of nitrogens with zero attached hydrogens (tertiary/aromatic N) is 3. The summed E-state index contributed by atoms with van der Waals surface area (Å²) in [7, 11) is 3.81. The first-order chi connectivity index (χ1) is 13.5. The lowest BCUT2D eigenvalue weighted by molar-refractivity contribution is -0.384. The fourth-order valence-electron chi connectivity index (χ4n) is 3.82. The Morgan fingerprint density at radius 2 is 1.93 bits per heavy atom. The van der Waals surface area contributed by atoms with Crippen LogP contribution in [0.5, 0.6) is 5.75 Å². The van der Waals surface area contributed by atoms with Gasteiger partial charge < -0.3 is 10.0 Å². The van der Waals surface area contributed by atoms with Gasteiger partial charge >= 0.3 is 0 Å². The van der Waals surface area contributed by atoms with Gasteiger partial charge in [-0.2, -0.15) is 0 Å². The standard InChI is InChI=1S/C22H25N3O4/c1-14-12-22(2,3)24(21(27)15-7-6-8-17(9-15)25(28)29)19-10-16(13-23(4)5)20(26)11-18(14)19/h6-12,26H,13H2,1-5H3. The Hall–Kier alpha value is -3.19. The SMILES string of the molecule is CC1=CC(C)(C)N(C(=O)c2cccc([N+](=O)[O-])c2)c2cc(CN(C)C)c(O)cc21. The van der Waals surface area contributed by atoms with Crippen molar-refractivity contribution in [3.63, 3.8) is 0 Å². The zero-order valence-corrected chi connectivity index (χ0v) is 17.3. The lowest BCUT2D eigenvalue weighted by Gasteiger charge is -2.42. The molecule has 0 saturated carbocycles. The lowest BCUT2D eigenvalue weighted by Crippen LogP contribution is -2.49. The third-order valence-electron chi connectivity index (χ3n) is 5.00. The predicted octanol–water partition coefficient (Wildman–Crippen LogP) is 4.20. The van der Waals surface area contributed by atoms with E-state index in [1.807, 2.05) is 51.9 Å². The highest BCUT2D eigenvalue weighted by molar-refractivity contribution is 6.10. The van der Waals surface area contributed by atoms with Crippen LogP contribution in [-0.2, 0) is 6.54 Å². The molecule has 7 nitrogen and oxygen atoms in total. The molecule has 0 unspecified atom stereocenters. The monoisotopic (exact) mass is 395 g/mol. The average molecular weight is 395 g/mol. The Bertz CT molecular complexity index is 1020. The average Bonchev–Trinajstić information content (AvgIpc) is 2.62. The first kappa shape index (κ1) is 20.5. The van der Waals surface area contributed by atoms with Gasteiger partial charge in [0.25, 0.3) is 11.6 Å². The molecule has 1 amide bonds. The number of benzene rings is 2. The fourth-order valence-corrected chi connectivity index (χ4v) is 3.82. The number of phenols is 1. The van der Waals surface area contributed by atoms with Crippen LogP contribution in [0.4, 0.5) is 11.4 Å². The van der Waals surface area contributed by atoms with Crippen molar-refractivity contribution in [3.05, 3.63) is 69.3 Å². The molecular formula is C22H25N3O4. The zero-order valence-electron chi connectivity index (χ0n) is 17.3. The Morgan fingerprint density at radius 3 is 2.55 bits per heavy atom. The van der Waals surface area contributed by atoms with Gasteiger partial charge in [0.05, 0.1) is 16.1 Å². The highest BCUT2D eigenvalue weighted by Gasteiger charge is 2.37. The molecule has 0 aromatic heterocycles. The van der Waals surface area contributed by atoms with E-state index in [1.54, 1.807) is 17.0 Å². The van der Waals surface area contributed by atoms with Crippen LogP contribution in [0.25, 0.3) is 5.57 Å². The number of nitro groups is 1. The second-order valence-corrected chi connectivity index (χ2v) is 8.16. The van der Waals surface area contributed by atoms with Crippen molar-refractivity contribution in [1.29, 1.82) is 0 Å². The molecule has 3 rings (SSSR count). The number of aromatic hydroxyl groups is 1. The molecule has 0 aliphatic carbocycles. The maximum atomic E-state index is 13.5. The number of phenolic OH excluding ortho intramolecular Hbond substituents is 1. The van der Waals surface area contributed by atoms with Gasteiger partial charge in [-0.25, -0.2) is 0 Å². The van der Waals surface area contributed by atoms with E-state index < -0.39 is 10.5 Å². The van der Waals surface area contributed by atoms with E-state index >= 15 is 0 Å². The minimum absolute atomic E-state index is 0.128. The summed E-state index contributed by atoms with van der Waals surface area (Å²) in [5, 5.41) is 21.6. The molecule has 152 valence electrons. The highest BCUT2D eigenvalue weighted by atomic mass is 16.6. The molecule has 1 heterocycles. The minimum atomic E-state index is -0.648. The summed E-state index contributed by atoms with van der Waals surface area (Å²) in [5.41, 5.74) is 2.58. The van der Waals surface area contributed by atoms with Crippen LogP contribution < -0.4 is 4.90 Å². The van der Waals surface area contributed by atoms with E-state index in [4.69, 9.17) is 0 Å². The van der Waals surface area contributed by atoms with E-state index in [0.29, 0.717) is 17.8 Å². The predicted molar refractivity (Wildman–Crippen MR) is 113 cm³/mol. The molecule has 7 heteroatoms. The minimum Gasteiger partial charge on any atom is -0.508 e. The number of carbonyl (C=O) groups is 1. The summed E-state index contributed by atoms with van der Waals surface area (Å²) in [5.74, 6) is -0.155. The number of hydrogen-bond acceptors (Lipinski definition) is 5. The van der Waals surface area contributed by atoms with Gasteiger partial charge in [0, 0.05) is 35.4 Å². The third-order valence-corrected chi connectivity index (χ3v) is 5.00. The van der Waals surface area contributed by atoms with Crippen LogP contribution in [0.2, 0.25) is 0 Å². The number of hydrogen-bond donors (Lipinski definition) is 1. The number of non-ortho nitro benzene ring substituents is 1. The fraction of sp³-hybridized carbons (Fsp3) is 0.318. The van der Waals surface area contributed by atoms with E-state index in [0.717, 1.165) is 11.1 Å². The van der Waals surface area contributed by atoms with Crippen molar-refractivity contribution in [1.82, 2.24) is 4.90 Å². The molecule has 0 fully saturated rings. The largest absolute Gasteiger partial charge is 0.508 e. The normalized spacial score (nSPS) is 15.1. The summed E-state index contributed by atoms with van der Waals surface area (Å²) < 4.78 is 0. The van der Waals surface area contributed by atoms with Gasteiger partial charge in [-0.3, -0.25) is 19.8 Å². The van der Waals surface area contributed by atoms with Crippen LogP contribution in [0.1, 0.15) is 42.3 Å². The maximum absolute atomic E-state index is 13.5. The molecule has 0 bridgehead atoms. The van der Waals surface area contributed by atoms with Gasteiger partial charge in [-0.15, -0.1) is 0 Å². The van der Waals surface area contributed by atoms with E-state index in [-0.39, 0.29) is 22.9 Å². The molecule has 0 radical (unpaired) electrons. The third kappa shape index (κ3) is 3.86. The number of carbonyl (C=O) groups excluding carboxylic acids is 1. The number of allylic oxidation sites excluding steroid dienone is 1. The van der Waals surface area contributed by atoms with Crippen molar-refractivity contribution in [2.24, 2.45) is 0 Å². The first-order valence-corrected chi connectivity index (χ1v) is 9.30. The van der Waals surface area contributed by atoms with Crippen molar-refractivity contribution in [3.8, 4) is 5.75 Å². The number of anilines is 1. The van der Waals surface area contributed by atoms with Gasteiger partial charge in [0.15, 0.2) is 0 Å². The molecule has 0 spiro atoms. The van der Waals surface area contributed by atoms with Crippen molar-refractivity contribution in [2.75, 3.05) is 19.0 Å². The summed E-state index contributed by atoms with van der Waals surface area (Å²) in [6.07, 6.45) is 1.97. The van der Waals surface area contributed by atoms with Crippen molar-refractivity contribution < 1.29 is 14.8 Å². The quantitative estimate of drug-likeness (QED) is 0.619. The number of rotatable bonds is 4. The van der Waals surface area contributed by atoms with Gasteiger partial charge in [-0.05, 0) is 58.6 Å². The molecule has 1 aliphatic heterocycles. The smallest absolute Gasteiger partial charge is 0.270 e. The number of amides is 1. The van der Waals surface area contributed by atoms with Crippen LogP contribution >= 0.6 is 0 Å². The second kappa shape index (κ2) is 7.33. The topological polar surface area (TPSA) is 86.9 Å². The molecular weight excluding hydrogens is 370 g/mol. The van der Waals surface area contributed by atoms with Gasteiger partial charge in [-0.1, -0.05) is 12.1 Å². The molecule has 0 saturated heterocycles. The summed E-state index contributed by atoms with van der Waals surface area (Å²) >= 11 is 0. The van der Waals surface area contributed by atoms with Gasteiger partial charge in [0.2, 0.25) is 0 Å². The highest BCUT2D eigenvalue weighted by Crippen LogP contribution is 2.42. The van der Waals surface area contributed by atoms with Crippen LogP contribution in [-0.4, -0.2) is 40.5 Å². The second-order valence-electron chi connectivity index (χ2n) is 8.16. The zero-order chi connectivity index (χ0) is 21.5. The number of fused-ring (bicyclic) bond motifs is 1. The van der Waals surface area contributed by atoms with Crippen LogP contribution in [0.15, 0.2) is 42.5 Å². The van der Waals surface area contributed by atoms with Gasteiger partial charge in [0.1, 0.15) is 5.75 Å². The Labute approximate surface area is 170 Å². The molecule has 2 aromatic carbocycles. The van der Waals surface area contributed by atoms with Crippen molar-refractivity contribution in [2.45, 2.75) is 32.9 Å². The molecule has 2 aromatic rings. The summed E-state index contributed by atoms with van der Waals surface area (Å²) in [6, 6.07) is 9.27. The molecule has 1 N–H and O–H groups in total. The van der Waals surface area contributed by atoms with E-state index in [9.17, 15) is 20.0 Å². The summed E-state index contributed by atoms with van der Waals surface area (Å²) in [6.45, 7) is 6.31. The first-order valence-electron chi connectivity index (χ1n) is 9.30. The Balaban J connectivity index is 2.17. The Morgan fingerprint density at radius 1 is 1.24 bits per heavy atom. The Kier molecular flexibility index (Phi) is 5.19.